The second-order valence-electron chi connectivity index (χ2n) is 4.88. The molecule has 0 saturated heterocycles. The van der Waals surface area contributed by atoms with Crippen LogP contribution in [0.15, 0.2) is 0 Å². The van der Waals surface area contributed by atoms with Crippen LogP contribution < -0.4 is 0 Å². The summed E-state index contributed by atoms with van der Waals surface area (Å²) in [4.78, 5) is 11.5. The van der Waals surface area contributed by atoms with Gasteiger partial charge < -0.3 is 0 Å². The molecule has 0 aromatic carbocycles. The molecule has 1 aliphatic carbocycles. The Balaban J connectivity index is 2.38. The lowest BCUT2D eigenvalue weighted by Crippen LogP contribution is -2.24. The normalized spacial score (nSPS) is 26.7. The summed E-state index contributed by atoms with van der Waals surface area (Å²) >= 11 is 0. The molecule has 0 aromatic rings. The molecule has 1 unspecified atom stereocenters. The van der Waals surface area contributed by atoms with Crippen molar-refractivity contribution in [3.8, 4) is 0 Å². The largest absolute Gasteiger partial charge is 0.299 e. The number of hydrogen-bond donors (Lipinski definition) is 0. The van der Waals surface area contributed by atoms with Gasteiger partial charge in [0.15, 0.2) is 0 Å². The first-order valence-electron chi connectivity index (χ1n) is 5.62. The van der Waals surface area contributed by atoms with Crippen LogP contribution in [-0.2, 0) is 4.79 Å². The van der Waals surface area contributed by atoms with Gasteiger partial charge in [0.25, 0.3) is 0 Å². The lowest BCUT2D eigenvalue weighted by Gasteiger charge is -2.25. The molecular formula is C12H22O. The molecule has 0 aromatic heterocycles. The average molecular weight is 182 g/mol. The second kappa shape index (κ2) is 4.26. The third-order valence-corrected chi connectivity index (χ3v) is 3.62. The summed E-state index contributed by atoms with van der Waals surface area (Å²) in [5, 5.41) is 0. The van der Waals surface area contributed by atoms with Gasteiger partial charge >= 0.3 is 0 Å². The van der Waals surface area contributed by atoms with E-state index in [9.17, 15) is 4.79 Å². The monoisotopic (exact) mass is 182 g/mol. The maximum Gasteiger partial charge on any atom is 0.138 e. The van der Waals surface area contributed by atoms with Gasteiger partial charge in [0.2, 0.25) is 0 Å². The number of ketones is 1. The summed E-state index contributed by atoms with van der Waals surface area (Å²) in [5.41, 5.74) is -0.0201. The van der Waals surface area contributed by atoms with Crippen molar-refractivity contribution in [1.82, 2.24) is 0 Å². The third kappa shape index (κ3) is 2.32. The zero-order valence-electron chi connectivity index (χ0n) is 9.23. The molecule has 76 valence electrons. The van der Waals surface area contributed by atoms with Gasteiger partial charge in [0, 0.05) is 11.8 Å². The van der Waals surface area contributed by atoms with Gasteiger partial charge in [0.05, 0.1) is 0 Å². The van der Waals surface area contributed by atoms with E-state index in [0.717, 1.165) is 12.8 Å². The number of unbranched alkanes of at least 4 members (excludes halogenated alkanes) is 2. The van der Waals surface area contributed by atoms with E-state index >= 15 is 0 Å². The summed E-state index contributed by atoms with van der Waals surface area (Å²) in [6.45, 7) is 6.48. The fraction of sp³-hybridized carbons (Fsp3) is 0.917. The molecule has 1 heteroatoms. The highest BCUT2D eigenvalue weighted by atomic mass is 16.1. The predicted molar refractivity (Wildman–Crippen MR) is 55.7 cm³/mol. The molecule has 0 radical (unpaired) electrons. The number of carbonyl (C=O) groups is 1. The lowest BCUT2D eigenvalue weighted by molar-refractivity contribution is -0.125. The Kier molecular flexibility index (Phi) is 3.52. The molecule has 0 amide bonds. The SMILES string of the molecule is CCCCCC1CCC(=O)C1(C)C. The first-order valence-corrected chi connectivity index (χ1v) is 5.62. The Morgan fingerprint density at radius 3 is 2.54 bits per heavy atom. The van der Waals surface area contributed by atoms with Crippen molar-refractivity contribution in [2.45, 2.75) is 59.3 Å². The van der Waals surface area contributed by atoms with Gasteiger partial charge in [-0.05, 0) is 18.8 Å². The first-order chi connectivity index (χ1) is 6.09. The van der Waals surface area contributed by atoms with Crippen molar-refractivity contribution in [3.05, 3.63) is 0 Å². The number of Topliss-reactive ketones (excluding diaryl/α,β-unsaturated/α-hetero) is 1. The average Bonchev–Trinajstić information content (AvgIpc) is 2.32. The van der Waals surface area contributed by atoms with Gasteiger partial charge in [-0.1, -0.05) is 40.0 Å². The van der Waals surface area contributed by atoms with Crippen molar-refractivity contribution in [2.75, 3.05) is 0 Å². The maximum atomic E-state index is 11.5. The fourth-order valence-corrected chi connectivity index (χ4v) is 2.36. The summed E-state index contributed by atoms with van der Waals surface area (Å²) in [6, 6.07) is 0. The molecule has 0 N–H and O–H groups in total. The van der Waals surface area contributed by atoms with Crippen molar-refractivity contribution in [3.63, 3.8) is 0 Å². The molecule has 0 spiro atoms. The zero-order chi connectivity index (χ0) is 9.90. The topological polar surface area (TPSA) is 17.1 Å². The second-order valence-corrected chi connectivity index (χ2v) is 4.88. The van der Waals surface area contributed by atoms with E-state index in [1.807, 2.05) is 0 Å². The van der Waals surface area contributed by atoms with E-state index in [-0.39, 0.29) is 5.41 Å². The molecule has 1 aliphatic rings. The van der Waals surface area contributed by atoms with Gasteiger partial charge in [0.1, 0.15) is 5.78 Å². The van der Waals surface area contributed by atoms with E-state index in [4.69, 9.17) is 0 Å². The van der Waals surface area contributed by atoms with Crippen LogP contribution in [0.2, 0.25) is 0 Å². The van der Waals surface area contributed by atoms with Crippen LogP contribution in [-0.4, -0.2) is 5.78 Å². The van der Waals surface area contributed by atoms with Crippen LogP contribution in [0.4, 0.5) is 0 Å². The zero-order valence-corrected chi connectivity index (χ0v) is 9.23. The van der Waals surface area contributed by atoms with Crippen molar-refractivity contribution in [1.29, 1.82) is 0 Å². The van der Waals surface area contributed by atoms with E-state index < -0.39 is 0 Å². The molecule has 0 heterocycles. The van der Waals surface area contributed by atoms with Crippen molar-refractivity contribution < 1.29 is 4.79 Å². The van der Waals surface area contributed by atoms with E-state index in [0.29, 0.717) is 11.7 Å². The van der Waals surface area contributed by atoms with Crippen LogP contribution in [0.5, 0.6) is 0 Å². The molecule has 13 heavy (non-hydrogen) atoms. The first kappa shape index (κ1) is 10.7. The van der Waals surface area contributed by atoms with Crippen LogP contribution in [0.3, 0.4) is 0 Å². The van der Waals surface area contributed by atoms with Gasteiger partial charge in [-0.2, -0.15) is 0 Å². The Labute approximate surface area is 81.9 Å². The van der Waals surface area contributed by atoms with Crippen LogP contribution >= 0.6 is 0 Å². The number of carbonyl (C=O) groups excluding carboxylic acids is 1. The molecular weight excluding hydrogens is 160 g/mol. The summed E-state index contributed by atoms with van der Waals surface area (Å²) in [6.07, 6.45) is 7.12. The minimum Gasteiger partial charge on any atom is -0.299 e. The lowest BCUT2D eigenvalue weighted by atomic mass is 9.78. The van der Waals surface area contributed by atoms with Gasteiger partial charge in [-0.15, -0.1) is 0 Å². The highest BCUT2D eigenvalue weighted by Crippen LogP contribution is 2.42. The summed E-state index contributed by atoms with van der Waals surface area (Å²) in [7, 11) is 0. The van der Waals surface area contributed by atoms with E-state index in [1.54, 1.807) is 0 Å². The molecule has 1 fully saturated rings. The molecule has 0 bridgehead atoms. The minimum atomic E-state index is -0.0201. The Bertz CT molecular complexity index is 182. The quantitative estimate of drug-likeness (QED) is 0.607. The van der Waals surface area contributed by atoms with E-state index in [1.165, 1.54) is 25.7 Å². The Morgan fingerprint density at radius 2 is 2.08 bits per heavy atom. The predicted octanol–water partition coefficient (Wildman–Crippen LogP) is 3.57. The van der Waals surface area contributed by atoms with Gasteiger partial charge in [-0.3, -0.25) is 4.79 Å². The number of rotatable bonds is 4. The van der Waals surface area contributed by atoms with Crippen molar-refractivity contribution in [2.24, 2.45) is 11.3 Å². The standard InChI is InChI=1S/C12H22O/c1-4-5-6-7-10-8-9-11(13)12(10,2)3/h10H,4-9H2,1-3H3. The Hall–Kier alpha value is -0.330. The van der Waals surface area contributed by atoms with Crippen LogP contribution in [0.1, 0.15) is 59.3 Å². The fourth-order valence-electron chi connectivity index (χ4n) is 2.36. The summed E-state index contributed by atoms with van der Waals surface area (Å²) < 4.78 is 0. The Morgan fingerprint density at radius 1 is 1.38 bits per heavy atom. The van der Waals surface area contributed by atoms with Crippen LogP contribution in [0.25, 0.3) is 0 Å². The highest BCUT2D eigenvalue weighted by Gasteiger charge is 2.40. The third-order valence-electron chi connectivity index (χ3n) is 3.62. The minimum absolute atomic E-state index is 0.0201. The molecule has 1 saturated carbocycles. The summed E-state index contributed by atoms with van der Waals surface area (Å²) in [5.74, 6) is 1.14. The molecule has 1 atom stereocenters. The maximum absolute atomic E-state index is 11.5. The van der Waals surface area contributed by atoms with E-state index in [2.05, 4.69) is 20.8 Å². The van der Waals surface area contributed by atoms with Gasteiger partial charge in [-0.25, -0.2) is 0 Å². The highest BCUT2D eigenvalue weighted by molar-refractivity contribution is 5.86. The van der Waals surface area contributed by atoms with Crippen molar-refractivity contribution >= 4 is 5.78 Å². The smallest absolute Gasteiger partial charge is 0.138 e. The molecule has 1 nitrogen and oxygen atoms in total. The van der Waals surface area contributed by atoms with Crippen LogP contribution in [0, 0.1) is 11.3 Å². The molecule has 1 rings (SSSR count). The number of hydrogen-bond acceptors (Lipinski definition) is 1. The molecule has 0 aliphatic heterocycles.